The number of anilines is 2. The van der Waals surface area contributed by atoms with Gasteiger partial charge >= 0.3 is 0 Å². The molecule has 0 spiro atoms. The van der Waals surface area contributed by atoms with Gasteiger partial charge in [-0.05, 0) is 31.6 Å². The molecule has 0 bridgehead atoms. The van der Waals surface area contributed by atoms with Crippen molar-refractivity contribution in [2.45, 2.75) is 33.4 Å². The predicted octanol–water partition coefficient (Wildman–Crippen LogP) is 3.87. The molecule has 1 N–H and O–H groups in total. The smallest absolute Gasteiger partial charge is 0.159 e. The summed E-state index contributed by atoms with van der Waals surface area (Å²) in [6.45, 7) is 10.1. The lowest BCUT2D eigenvalue weighted by Gasteiger charge is -2.30. The van der Waals surface area contributed by atoms with Crippen LogP contribution >= 0.6 is 9.24 Å². The van der Waals surface area contributed by atoms with Gasteiger partial charge in [0.05, 0.1) is 5.30 Å². The summed E-state index contributed by atoms with van der Waals surface area (Å²) in [5.41, 5.74) is 5.28. The van der Waals surface area contributed by atoms with Crippen LogP contribution in [0.15, 0.2) is 67.4 Å². The fourth-order valence-corrected chi connectivity index (χ4v) is 4.17. The Labute approximate surface area is 197 Å². The van der Waals surface area contributed by atoms with Crippen LogP contribution in [0.1, 0.15) is 36.5 Å². The Morgan fingerprint density at radius 1 is 1.21 bits per heavy atom. The van der Waals surface area contributed by atoms with Gasteiger partial charge in [0, 0.05) is 61.5 Å². The first kappa shape index (κ1) is 22.7. The predicted molar refractivity (Wildman–Crippen MR) is 137 cm³/mol. The number of pyridine rings is 1. The number of hydrogen-bond donors (Lipinski definition) is 1. The Balaban J connectivity index is 1.46. The zero-order valence-corrected chi connectivity index (χ0v) is 20.1. The molecule has 1 aliphatic heterocycles. The van der Waals surface area contributed by atoms with Crippen LogP contribution in [0, 0.1) is 0 Å². The van der Waals surface area contributed by atoms with Gasteiger partial charge in [-0.3, -0.25) is 4.98 Å². The van der Waals surface area contributed by atoms with Crippen molar-refractivity contribution in [2.24, 2.45) is 0 Å². The lowest BCUT2D eigenvalue weighted by Crippen LogP contribution is -2.34. The molecule has 3 aromatic rings. The Morgan fingerprint density at radius 2 is 2.03 bits per heavy atom. The van der Waals surface area contributed by atoms with E-state index in [2.05, 4.69) is 57.0 Å². The van der Waals surface area contributed by atoms with Crippen molar-refractivity contribution in [3.05, 3.63) is 90.1 Å². The lowest BCUT2D eigenvalue weighted by molar-refractivity contribution is 0.704. The molecule has 4 heterocycles. The minimum Gasteiger partial charge on any atom is -0.365 e. The van der Waals surface area contributed by atoms with Crippen LogP contribution in [-0.4, -0.2) is 31.5 Å². The summed E-state index contributed by atoms with van der Waals surface area (Å²) in [6.07, 6.45) is 14.0. The molecule has 0 fully saturated rings. The van der Waals surface area contributed by atoms with Gasteiger partial charge in [-0.25, -0.2) is 19.9 Å². The third kappa shape index (κ3) is 5.49. The van der Waals surface area contributed by atoms with Gasteiger partial charge in [-0.2, -0.15) is 0 Å². The summed E-state index contributed by atoms with van der Waals surface area (Å²) in [7, 11) is 2.79. The van der Waals surface area contributed by atoms with Crippen LogP contribution in [0.5, 0.6) is 0 Å². The molecule has 0 saturated carbocycles. The van der Waals surface area contributed by atoms with Crippen LogP contribution in [-0.2, 0) is 19.5 Å². The van der Waals surface area contributed by atoms with E-state index in [0.29, 0.717) is 12.4 Å². The second-order valence-electron chi connectivity index (χ2n) is 7.95. The lowest BCUT2D eigenvalue weighted by atomic mass is 10.1. The zero-order chi connectivity index (χ0) is 23.2. The first-order chi connectivity index (χ1) is 16.0. The molecule has 1 atom stereocenters. The van der Waals surface area contributed by atoms with E-state index < -0.39 is 0 Å². The fourth-order valence-electron chi connectivity index (χ4n) is 3.74. The van der Waals surface area contributed by atoms with Crippen molar-refractivity contribution in [2.75, 3.05) is 16.8 Å². The number of fused-ring (bicyclic) bond motifs is 1. The highest BCUT2D eigenvalue weighted by molar-refractivity contribution is 7.28. The molecule has 33 heavy (non-hydrogen) atoms. The quantitative estimate of drug-likeness (QED) is 0.426. The fraction of sp³-hybridized carbons (Fsp3) is 0.240. The van der Waals surface area contributed by atoms with Gasteiger partial charge in [0.25, 0.3) is 0 Å². The molecule has 0 amide bonds. The third-order valence-corrected chi connectivity index (χ3v) is 5.83. The van der Waals surface area contributed by atoms with Gasteiger partial charge in [-0.1, -0.05) is 39.6 Å². The Bertz CT molecular complexity index is 1200. The Morgan fingerprint density at radius 3 is 2.79 bits per heavy atom. The molecule has 4 rings (SSSR count). The standard InChI is InChI=1S/C25H28N7P/c1-4-6-19(11-17(2)3)23-27-12-18(13-28-23)14-29-24-22(33)25(31-16-30-24)32-10-8-21-20(15-32)7-5-9-26-21/h4-7,9,11-13,16H,2,8,10,14-15,33H2,1,3H3,(H,29,30,31)/b6-4-,19-11+. The van der Waals surface area contributed by atoms with Crippen molar-refractivity contribution in [3.8, 4) is 0 Å². The molecule has 1 aliphatic rings. The van der Waals surface area contributed by atoms with Gasteiger partial charge in [0.1, 0.15) is 18.0 Å². The van der Waals surface area contributed by atoms with E-state index in [-0.39, 0.29) is 0 Å². The second-order valence-corrected chi connectivity index (χ2v) is 8.53. The zero-order valence-electron chi connectivity index (χ0n) is 19.0. The molecule has 0 aromatic carbocycles. The second kappa shape index (κ2) is 10.5. The van der Waals surface area contributed by atoms with Crippen molar-refractivity contribution in [3.63, 3.8) is 0 Å². The molecule has 168 valence electrons. The number of hydrogen-bond acceptors (Lipinski definition) is 7. The molecule has 0 radical (unpaired) electrons. The van der Waals surface area contributed by atoms with Crippen LogP contribution in [0.25, 0.3) is 5.57 Å². The van der Waals surface area contributed by atoms with E-state index in [4.69, 9.17) is 0 Å². The maximum atomic E-state index is 4.55. The van der Waals surface area contributed by atoms with Gasteiger partial charge in [0.15, 0.2) is 5.82 Å². The molecule has 0 aliphatic carbocycles. The summed E-state index contributed by atoms with van der Waals surface area (Å²) in [5, 5.41) is 4.35. The maximum absolute atomic E-state index is 4.55. The van der Waals surface area contributed by atoms with E-state index in [0.717, 1.165) is 53.2 Å². The van der Waals surface area contributed by atoms with E-state index in [1.54, 1.807) is 6.33 Å². The summed E-state index contributed by atoms with van der Waals surface area (Å²) < 4.78 is 0. The molecular weight excluding hydrogens is 429 g/mol. The van der Waals surface area contributed by atoms with E-state index in [1.165, 1.54) is 11.3 Å². The number of nitrogens with zero attached hydrogens (tertiary/aromatic N) is 6. The first-order valence-corrected chi connectivity index (χ1v) is 11.5. The number of allylic oxidation sites excluding steroid dienone is 5. The maximum Gasteiger partial charge on any atom is 0.159 e. The van der Waals surface area contributed by atoms with Crippen LogP contribution in [0.2, 0.25) is 0 Å². The summed E-state index contributed by atoms with van der Waals surface area (Å²) >= 11 is 0. The number of rotatable bonds is 7. The minimum absolute atomic E-state index is 0.564. The average Bonchev–Trinajstić information content (AvgIpc) is 2.83. The Hall–Kier alpha value is -3.44. The molecular formula is C25H28N7P. The summed E-state index contributed by atoms with van der Waals surface area (Å²) in [4.78, 5) is 24.8. The van der Waals surface area contributed by atoms with Gasteiger partial charge in [0.2, 0.25) is 0 Å². The highest BCUT2D eigenvalue weighted by Gasteiger charge is 2.21. The molecule has 7 nitrogen and oxygen atoms in total. The molecule has 8 heteroatoms. The van der Waals surface area contributed by atoms with Crippen molar-refractivity contribution >= 4 is 31.8 Å². The highest BCUT2D eigenvalue weighted by atomic mass is 31.0. The number of nitrogens with one attached hydrogen (secondary N) is 1. The van der Waals surface area contributed by atoms with E-state index >= 15 is 0 Å². The molecule has 0 saturated heterocycles. The van der Waals surface area contributed by atoms with Gasteiger partial charge < -0.3 is 10.2 Å². The first-order valence-electron chi connectivity index (χ1n) is 10.9. The average molecular weight is 458 g/mol. The topological polar surface area (TPSA) is 79.7 Å². The third-order valence-electron chi connectivity index (χ3n) is 5.30. The normalized spacial score (nSPS) is 13.8. The van der Waals surface area contributed by atoms with Crippen molar-refractivity contribution < 1.29 is 0 Å². The molecule has 1 unspecified atom stereocenters. The Kier molecular flexibility index (Phi) is 7.20. The van der Waals surface area contributed by atoms with Crippen molar-refractivity contribution in [1.82, 2.24) is 24.9 Å². The highest BCUT2D eigenvalue weighted by Crippen LogP contribution is 2.23. The van der Waals surface area contributed by atoms with E-state index in [1.807, 2.05) is 56.7 Å². The minimum atomic E-state index is 0.564. The largest absolute Gasteiger partial charge is 0.365 e. The van der Waals surface area contributed by atoms with Gasteiger partial charge in [-0.15, -0.1) is 0 Å². The SMILES string of the molecule is C=C(C)/C=C(\C=C/C)c1ncc(CNc2ncnc(N3CCc4ncccc4C3)c2P)cn1. The summed E-state index contributed by atoms with van der Waals surface area (Å²) in [5.74, 6) is 2.37. The van der Waals surface area contributed by atoms with E-state index in [9.17, 15) is 0 Å². The van der Waals surface area contributed by atoms with Crippen LogP contribution in [0.3, 0.4) is 0 Å². The van der Waals surface area contributed by atoms with Crippen LogP contribution in [0.4, 0.5) is 11.6 Å². The number of aromatic nitrogens is 5. The molecule has 3 aromatic heterocycles. The van der Waals surface area contributed by atoms with Crippen molar-refractivity contribution in [1.29, 1.82) is 0 Å². The monoisotopic (exact) mass is 457 g/mol. The van der Waals surface area contributed by atoms with Crippen LogP contribution < -0.4 is 15.5 Å². The summed E-state index contributed by atoms with van der Waals surface area (Å²) in [6, 6.07) is 4.12.